The van der Waals surface area contributed by atoms with E-state index in [4.69, 9.17) is 0 Å². The predicted octanol–water partition coefficient (Wildman–Crippen LogP) is 10.4. The molecule has 0 aliphatic heterocycles. The molecule has 1 heterocycles. The summed E-state index contributed by atoms with van der Waals surface area (Å²) in [6.07, 6.45) is 0. The van der Waals surface area contributed by atoms with Gasteiger partial charge in [-0.15, -0.1) is 0 Å². The zero-order valence-electron chi connectivity index (χ0n) is 22.7. The SMILES string of the molecule is CC1(C)c2ccccc2-c2cc(-c3ccc4c(c3)c3ccccc3n4-c3ccc(-c4ccccc4)cc3)ccc21. The monoisotopic (exact) mass is 511 g/mol. The maximum atomic E-state index is 2.39. The molecule has 0 amide bonds. The Morgan fingerprint density at radius 1 is 0.425 bits per heavy atom. The fourth-order valence-electron chi connectivity index (χ4n) is 6.76. The number of hydrogen-bond donors (Lipinski definition) is 0. The third-order valence-corrected chi connectivity index (χ3v) is 8.82. The van der Waals surface area contributed by atoms with Crippen LogP contribution in [0.3, 0.4) is 0 Å². The maximum absolute atomic E-state index is 2.39. The summed E-state index contributed by atoms with van der Waals surface area (Å²) >= 11 is 0. The average molecular weight is 512 g/mol. The molecule has 7 aromatic rings. The van der Waals surface area contributed by atoms with Crippen LogP contribution in [0, 0.1) is 0 Å². The standard InChI is InChI=1S/C39H29N/c1-39(2)35-14-8-6-12-31(35)33-24-28(18-22-36(33)39)29-19-23-38-34(25-29)32-13-7-9-15-37(32)40(38)30-20-16-27(17-21-30)26-10-4-3-5-11-26/h3-25H,1-2H3. The van der Waals surface area contributed by atoms with Crippen molar-refractivity contribution in [2.75, 3.05) is 0 Å². The van der Waals surface area contributed by atoms with Gasteiger partial charge in [-0.2, -0.15) is 0 Å². The zero-order valence-corrected chi connectivity index (χ0v) is 22.7. The Labute approximate surface area is 235 Å². The van der Waals surface area contributed by atoms with Crippen LogP contribution >= 0.6 is 0 Å². The molecule has 190 valence electrons. The van der Waals surface area contributed by atoms with Gasteiger partial charge in [0, 0.05) is 21.9 Å². The van der Waals surface area contributed by atoms with E-state index in [2.05, 4.69) is 158 Å². The Kier molecular flexibility index (Phi) is 4.93. The van der Waals surface area contributed by atoms with E-state index < -0.39 is 0 Å². The molecular formula is C39H29N. The van der Waals surface area contributed by atoms with Crippen molar-refractivity contribution >= 4 is 21.8 Å². The molecule has 0 unspecified atom stereocenters. The molecule has 0 bridgehead atoms. The number of fused-ring (bicyclic) bond motifs is 6. The van der Waals surface area contributed by atoms with E-state index in [1.807, 2.05) is 0 Å². The lowest BCUT2D eigenvalue weighted by atomic mass is 9.82. The molecule has 1 aromatic heterocycles. The van der Waals surface area contributed by atoms with Crippen LogP contribution in [0.2, 0.25) is 0 Å². The molecule has 0 saturated carbocycles. The summed E-state index contributed by atoms with van der Waals surface area (Å²) < 4.78 is 2.39. The minimum Gasteiger partial charge on any atom is -0.309 e. The molecule has 1 aliphatic rings. The van der Waals surface area contributed by atoms with Crippen molar-refractivity contribution in [1.29, 1.82) is 0 Å². The quantitative estimate of drug-likeness (QED) is 0.222. The predicted molar refractivity (Wildman–Crippen MR) is 169 cm³/mol. The molecule has 1 nitrogen and oxygen atoms in total. The van der Waals surface area contributed by atoms with E-state index in [0.717, 1.165) is 0 Å². The summed E-state index contributed by atoms with van der Waals surface area (Å²) in [6, 6.07) is 51.1. The molecule has 6 aromatic carbocycles. The van der Waals surface area contributed by atoms with Gasteiger partial charge in [0.1, 0.15) is 0 Å². The van der Waals surface area contributed by atoms with E-state index in [1.54, 1.807) is 0 Å². The van der Waals surface area contributed by atoms with Gasteiger partial charge in [0.15, 0.2) is 0 Å². The summed E-state index contributed by atoms with van der Waals surface area (Å²) in [5.41, 5.74) is 14.2. The first-order valence-electron chi connectivity index (χ1n) is 14.0. The fourth-order valence-corrected chi connectivity index (χ4v) is 6.76. The molecule has 0 radical (unpaired) electrons. The van der Waals surface area contributed by atoms with Crippen LogP contribution < -0.4 is 0 Å². The van der Waals surface area contributed by atoms with Crippen molar-refractivity contribution in [1.82, 2.24) is 4.57 Å². The van der Waals surface area contributed by atoms with Gasteiger partial charge in [0.2, 0.25) is 0 Å². The second-order valence-corrected chi connectivity index (χ2v) is 11.4. The third-order valence-electron chi connectivity index (χ3n) is 8.82. The highest BCUT2D eigenvalue weighted by molar-refractivity contribution is 6.10. The van der Waals surface area contributed by atoms with Crippen LogP contribution in [0.15, 0.2) is 140 Å². The molecule has 0 atom stereocenters. The van der Waals surface area contributed by atoms with Crippen molar-refractivity contribution in [3.8, 4) is 39.1 Å². The number of para-hydroxylation sites is 1. The minimum atomic E-state index is 0.0257. The molecule has 0 fully saturated rings. The van der Waals surface area contributed by atoms with Crippen LogP contribution in [-0.4, -0.2) is 4.57 Å². The first-order chi connectivity index (χ1) is 19.6. The van der Waals surface area contributed by atoms with Gasteiger partial charge in [0.05, 0.1) is 11.0 Å². The molecule has 1 aliphatic carbocycles. The molecule has 40 heavy (non-hydrogen) atoms. The topological polar surface area (TPSA) is 4.93 Å². The molecule has 1 heteroatoms. The lowest BCUT2D eigenvalue weighted by Gasteiger charge is -2.21. The summed E-state index contributed by atoms with van der Waals surface area (Å²) in [7, 11) is 0. The smallest absolute Gasteiger partial charge is 0.0541 e. The molecule has 0 spiro atoms. The second kappa shape index (κ2) is 8.56. The Bertz CT molecular complexity index is 2060. The fraction of sp³-hybridized carbons (Fsp3) is 0.0769. The van der Waals surface area contributed by atoms with Crippen LogP contribution in [0.5, 0.6) is 0 Å². The number of hydrogen-bond acceptors (Lipinski definition) is 0. The van der Waals surface area contributed by atoms with Gasteiger partial charge in [0.25, 0.3) is 0 Å². The lowest BCUT2D eigenvalue weighted by Crippen LogP contribution is -2.14. The Hall–Kier alpha value is -4.88. The highest BCUT2D eigenvalue weighted by Crippen LogP contribution is 2.49. The van der Waals surface area contributed by atoms with Gasteiger partial charge in [-0.05, 0) is 80.9 Å². The highest BCUT2D eigenvalue weighted by atomic mass is 15.0. The number of aromatic nitrogens is 1. The Balaban J connectivity index is 1.27. The van der Waals surface area contributed by atoms with Crippen molar-refractivity contribution < 1.29 is 0 Å². The van der Waals surface area contributed by atoms with Crippen LogP contribution in [0.25, 0.3) is 60.9 Å². The maximum Gasteiger partial charge on any atom is 0.0541 e. The van der Waals surface area contributed by atoms with Crippen LogP contribution in [0.4, 0.5) is 0 Å². The molecule has 0 saturated heterocycles. The first-order valence-corrected chi connectivity index (χ1v) is 14.0. The van der Waals surface area contributed by atoms with Gasteiger partial charge in [-0.3, -0.25) is 0 Å². The number of benzene rings is 6. The van der Waals surface area contributed by atoms with Gasteiger partial charge in [-0.25, -0.2) is 0 Å². The summed E-state index contributed by atoms with van der Waals surface area (Å²) in [5, 5.41) is 2.56. The summed E-state index contributed by atoms with van der Waals surface area (Å²) in [6.45, 7) is 4.68. The molecule has 0 N–H and O–H groups in total. The van der Waals surface area contributed by atoms with Crippen molar-refractivity contribution in [3.05, 3.63) is 151 Å². The zero-order chi connectivity index (χ0) is 26.8. The van der Waals surface area contributed by atoms with Gasteiger partial charge in [-0.1, -0.05) is 117 Å². The number of rotatable bonds is 3. The van der Waals surface area contributed by atoms with Crippen molar-refractivity contribution in [2.45, 2.75) is 19.3 Å². The Morgan fingerprint density at radius 3 is 1.88 bits per heavy atom. The van der Waals surface area contributed by atoms with E-state index in [9.17, 15) is 0 Å². The average Bonchev–Trinajstić information content (AvgIpc) is 3.46. The Morgan fingerprint density at radius 2 is 1.02 bits per heavy atom. The van der Waals surface area contributed by atoms with Gasteiger partial charge < -0.3 is 4.57 Å². The molecule has 8 rings (SSSR count). The third kappa shape index (κ3) is 3.34. The van der Waals surface area contributed by atoms with Crippen molar-refractivity contribution in [2.24, 2.45) is 0 Å². The first kappa shape index (κ1) is 23.0. The largest absolute Gasteiger partial charge is 0.309 e. The second-order valence-electron chi connectivity index (χ2n) is 11.4. The lowest BCUT2D eigenvalue weighted by molar-refractivity contribution is 0.660. The highest BCUT2D eigenvalue weighted by Gasteiger charge is 2.35. The van der Waals surface area contributed by atoms with Crippen LogP contribution in [-0.2, 0) is 5.41 Å². The molecular weight excluding hydrogens is 482 g/mol. The van der Waals surface area contributed by atoms with E-state index in [1.165, 1.54) is 72.0 Å². The van der Waals surface area contributed by atoms with E-state index in [0.29, 0.717) is 0 Å². The van der Waals surface area contributed by atoms with Gasteiger partial charge >= 0.3 is 0 Å². The normalized spacial score (nSPS) is 13.4. The summed E-state index contributed by atoms with van der Waals surface area (Å²) in [5.74, 6) is 0. The summed E-state index contributed by atoms with van der Waals surface area (Å²) in [4.78, 5) is 0. The van der Waals surface area contributed by atoms with E-state index >= 15 is 0 Å². The minimum absolute atomic E-state index is 0.0257. The van der Waals surface area contributed by atoms with Crippen LogP contribution in [0.1, 0.15) is 25.0 Å². The van der Waals surface area contributed by atoms with Crippen molar-refractivity contribution in [3.63, 3.8) is 0 Å². The van der Waals surface area contributed by atoms with E-state index in [-0.39, 0.29) is 5.41 Å². The number of nitrogens with zero attached hydrogens (tertiary/aromatic N) is 1.